The molecule has 0 saturated carbocycles. The highest BCUT2D eigenvalue weighted by molar-refractivity contribution is 7.14. The molecule has 128 valence electrons. The summed E-state index contributed by atoms with van der Waals surface area (Å²) >= 11 is 1.63. The predicted molar refractivity (Wildman–Crippen MR) is 94.3 cm³/mol. The number of aryl methyl sites for hydroxylation is 2. The van der Waals surface area contributed by atoms with Gasteiger partial charge in [-0.1, -0.05) is 0 Å². The maximum atomic E-state index is 12.7. The third-order valence-electron chi connectivity index (χ3n) is 5.96. The number of likely N-dealkylation sites (tertiary alicyclic amines) is 2. The highest BCUT2D eigenvalue weighted by Crippen LogP contribution is 2.41. The van der Waals surface area contributed by atoms with Crippen LogP contribution in [0.5, 0.6) is 0 Å². The third-order valence-corrected chi connectivity index (χ3v) is 7.10. The molecular weight excluding hydrogens is 308 g/mol. The number of amides is 1. The average Bonchev–Trinajstić information content (AvgIpc) is 3.03. The van der Waals surface area contributed by atoms with Gasteiger partial charge in [0.25, 0.3) is 5.91 Å². The fraction of sp³-hybridized carbons (Fsp3) is 0.722. The van der Waals surface area contributed by atoms with Crippen LogP contribution in [0.2, 0.25) is 0 Å². The highest BCUT2D eigenvalue weighted by Gasteiger charge is 2.46. The van der Waals surface area contributed by atoms with Gasteiger partial charge in [0.05, 0.1) is 11.5 Å². The summed E-state index contributed by atoms with van der Waals surface area (Å²) < 4.78 is 5.36. The molecule has 4 nitrogen and oxygen atoms in total. The molecule has 0 N–H and O–H groups in total. The van der Waals surface area contributed by atoms with Crippen molar-refractivity contribution in [3.8, 4) is 0 Å². The van der Waals surface area contributed by atoms with E-state index in [0.717, 1.165) is 37.4 Å². The van der Waals surface area contributed by atoms with Gasteiger partial charge in [0.1, 0.15) is 0 Å². The Bertz CT molecular complexity index is 556. The van der Waals surface area contributed by atoms with E-state index in [-0.39, 0.29) is 11.4 Å². The van der Waals surface area contributed by atoms with Gasteiger partial charge in [-0.2, -0.15) is 0 Å². The van der Waals surface area contributed by atoms with Gasteiger partial charge >= 0.3 is 0 Å². The maximum absolute atomic E-state index is 12.7. The van der Waals surface area contributed by atoms with Gasteiger partial charge in [-0.25, -0.2) is 0 Å². The van der Waals surface area contributed by atoms with E-state index >= 15 is 0 Å². The van der Waals surface area contributed by atoms with Crippen LogP contribution >= 0.6 is 11.3 Å². The van der Waals surface area contributed by atoms with Crippen LogP contribution in [-0.4, -0.2) is 61.1 Å². The van der Waals surface area contributed by atoms with Crippen LogP contribution in [0.15, 0.2) is 6.07 Å². The van der Waals surface area contributed by atoms with Crippen molar-refractivity contribution in [2.45, 2.75) is 51.1 Å². The molecule has 3 heterocycles. The van der Waals surface area contributed by atoms with Crippen molar-refractivity contribution in [1.29, 1.82) is 0 Å². The standard InChI is InChI=1S/C18H28N2O2S/c1-13-11-16(23-14(13)2)17(21)20-9-7-18(8-10-20)6-5-15(12-22-4)19(18)3/h11,15H,5-10,12H2,1-4H3/t15-/m1/s1. The molecule has 1 atom stereocenters. The Balaban J connectivity index is 1.63. The quantitative estimate of drug-likeness (QED) is 0.850. The van der Waals surface area contributed by atoms with Crippen LogP contribution in [0.25, 0.3) is 0 Å². The Kier molecular flexibility index (Phi) is 4.81. The topological polar surface area (TPSA) is 32.8 Å². The number of nitrogens with zero attached hydrogens (tertiary/aromatic N) is 2. The van der Waals surface area contributed by atoms with Crippen molar-refractivity contribution in [2.75, 3.05) is 33.9 Å². The molecule has 3 rings (SSSR count). The number of rotatable bonds is 3. The summed E-state index contributed by atoms with van der Waals surface area (Å²) in [7, 11) is 4.02. The van der Waals surface area contributed by atoms with Gasteiger partial charge in [-0.15, -0.1) is 11.3 Å². The second-order valence-corrected chi connectivity index (χ2v) is 8.38. The molecule has 0 bridgehead atoms. The molecule has 0 aliphatic carbocycles. The summed E-state index contributed by atoms with van der Waals surface area (Å²) in [5, 5.41) is 0. The number of ether oxygens (including phenoxy) is 1. The van der Waals surface area contributed by atoms with E-state index < -0.39 is 0 Å². The molecule has 1 amide bonds. The number of piperidine rings is 1. The van der Waals surface area contributed by atoms with Crippen molar-refractivity contribution < 1.29 is 9.53 Å². The van der Waals surface area contributed by atoms with Gasteiger partial charge in [0.15, 0.2) is 0 Å². The molecule has 0 aromatic carbocycles. The number of thiophene rings is 1. The first kappa shape index (κ1) is 16.9. The minimum Gasteiger partial charge on any atom is -0.383 e. The molecular formula is C18H28N2O2S. The van der Waals surface area contributed by atoms with E-state index in [1.807, 2.05) is 11.0 Å². The van der Waals surface area contributed by atoms with E-state index in [1.165, 1.54) is 23.3 Å². The van der Waals surface area contributed by atoms with Crippen molar-refractivity contribution in [1.82, 2.24) is 9.80 Å². The SMILES string of the molecule is COC[C@H]1CCC2(CCN(C(=O)c3cc(C)c(C)s3)CC2)N1C. The van der Waals surface area contributed by atoms with E-state index in [9.17, 15) is 4.79 Å². The molecule has 5 heteroatoms. The minimum absolute atomic E-state index is 0.218. The van der Waals surface area contributed by atoms with Crippen molar-refractivity contribution in [3.63, 3.8) is 0 Å². The molecule has 2 aliphatic heterocycles. The zero-order valence-electron chi connectivity index (χ0n) is 14.7. The average molecular weight is 337 g/mol. The van der Waals surface area contributed by atoms with Crippen LogP contribution in [0.4, 0.5) is 0 Å². The number of hydrogen-bond acceptors (Lipinski definition) is 4. The predicted octanol–water partition coefficient (Wildman–Crippen LogP) is 3.08. The molecule has 23 heavy (non-hydrogen) atoms. The van der Waals surface area contributed by atoms with Crippen LogP contribution in [-0.2, 0) is 4.74 Å². The van der Waals surface area contributed by atoms with Crippen molar-refractivity contribution in [2.24, 2.45) is 0 Å². The molecule has 2 aliphatic rings. The second kappa shape index (κ2) is 6.54. The Labute approximate surface area is 143 Å². The summed E-state index contributed by atoms with van der Waals surface area (Å²) in [5.74, 6) is 0.218. The Morgan fingerprint density at radius 3 is 2.61 bits per heavy atom. The van der Waals surface area contributed by atoms with E-state index in [1.54, 1.807) is 18.4 Å². The first-order valence-electron chi connectivity index (χ1n) is 8.55. The number of likely N-dealkylation sites (N-methyl/N-ethyl adjacent to an activating group) is 1. The summed E-state index contributed by atoms with van der Waals surface area (Å²) in [6.45, 7) is 6.73. The van der Waals surface area contributed by atoms with Crippen molar-refractivity contribution in [3.05, 3.63) is 21.4 Å². The Morgan fingerprint density at radius 1 is 1.35 bits per heavy atom. The van der Waals surface area contributed by atoms with E-state index in [0.29, 0.717) is 6.04 Å². The lowest BCUT2D eigenvalue weighted by molar-refractivity contribution is 0.0275. The number of hydrogen-bond donors (Lipinski definition) is 0. The minimum atomic E-state index is 0.218. The smallest absolute Gasteiger partial charge is 0.263 e. The molecule has 2 fully saturated rings. The molecule has 0 unspecified atom stereocenters. The maximum Gasteiger partial charge on any atom is 0.263 e. The fourth-order valence-corrected chi connectivity index (χ4v) is 5.15. The van der Waals surface area contributed by atoms with Gasteiger partial charge in [-0.3, -0.25) is 9.69 Å². The summed E-state index contributed by atoms with van der Waals surface area (Å²) in [6, 6.07) is 2.58. The normalized spacial score (nSPS) is 24.5. The summed E-state index contributed by atoms with van der Waals surface area (Å²) in [4.78, 5) is 19.4. The number of carbonyl (C=O) groups is 1. The molecule has 1 spiro atoms. The van der Waals surface area contributed by atoms with Gasteiger partial charge < -0.3 is 9.64 Å². The zero-order valence-corrected chi connectivity index (χ0v) is 15.5. The Morgan fingerprint density at radius 2 is 2.04 bits per heavy atom. The van der Waals surface area contributed by atoms with E-state index in [2.05, 4.69) is 25.8 Å². The largest absolute Gasteiger partial charge is 0.383 e. The van der Waals surface area contributed by atoms with Crippen molar-refractivity contribution >= 4 is 17.2 Å². The second-order valence-electron chi connectivity index (χ2n) is 7.13. The highest BCUT2D eigenvalue weighted by atomic mass is 32.1. The van der Waals surface area contributed by atoms with Crippen LogP contribution in [0, 0.1) is 13.8 Å². The summed E-state index contributed by atoms with van der Waals surface area (Å²) in [6.07, 6.45) is 4.61. The van der Waals surface area contributed by atoms with Crippen LogP contribution in [0.3, 0.4) is 0 Å². The fourth-order valence-electron chi connectivity index (χ4n) is 4.14. The van der Waals surface area contributed by atoms with Crippen LogP contribution < -0.4 is 0 Å². The third kappa shape index (κ3) is 3.06. The Hall–Kier alpha value is -0.910. The number of methoxy groups -OCH3 is 1. The lowest BCUT2D eigenvalue weighted by Gasteiger charge is -2.45. The monoisotopic (exact) mass is 336 g/mol. The van der Waals surface area contributed by atoms with Crippen LogP contribution in [0.1, 0.15) is 45.8 Å². The molecule has 1 aromatic rings. The first-order chi connectivity index (χ1) is 11.0. The van der Waals surface area contributed by atoms with Gasteiger partial charge in [-0.05, 0) is 58.2 Å². The molecule has 0 radical (unpaired) electrons. The summed E-state index contributed by atoms with van der Waals surface area (Å²) in [5.41, 5.74) is 1.51. The van der Waals surface area contributed by atoms with E-state index in [4.69, 9.17) is 4.74 Å². The zero-order chi connectivity index (χ0) is 16.6. The lowest BCUT2D eigenvalue weighted by atomic mass is 9.85. The lowest BCUT2D eigenvalue weighted by Crippen LogP contribution is -2.53. The molecule has 2 saturated heterocycles. The van der Waals surface area contributed by atoms with Gasteiger partial charge in [0, 0.05) is 36.7 Å². The van der Waals surface area contributed by atoms with Gasteiger partial charge in [0.2, 0.25) is 0 Å². The molecule has 1 aromatic heterocycles. The first-order valence-corrected chi connectivity index (χ1v) is 9.37. The number of carbonyl (C=O) groups excluding carboxylic acids is 1.